The maximum absolute atomic E-state index is 12.7. The highest BCUT2D eigenvalue weighted by Gasteiger charge is 1.99. The Morgan fingerprint density at radius 1 is 1.36 bits per heavy atom. The van der Waals surface area contributed by atoms with Crippen LogP contribution in [0.3, 0.4) is 0 Å². The highest BCUT2D eigenvalue weighted by atomic mass is 19.1. The number of nitrogens with zero attached hydrogens (tertiary/aromatic N) is 2. The summed E-state index contributed by atoms with van der Waals surface area (Å²) in [7, 11) is 0. The van der Waals surface area contributed by atoms with E-state index in [2.05, 4.69) is 16.2 Å². The molecule has 1 radical (unpaired) electrons. The molecule has 1 aromatic heterocycles. The minimum absolute atomic E-state index is 0.151. The zero-order valence-electron chi connectivity index (χ0n) is 7.14. The summed E-state index contributed by atoms with van der Waals surface area (Å²) in [6.07, 6.45) is 4.07. The Morgan fingerprint density at radius 3 is 3.00 bits per heavy atom. The largest absolute Gasteiger partial charge is 0.424 e. The fraction of sp³-hybridized carbons (Fsp3) is 0. The molecule has 2 rings (SSSR count). The van der Waals surface area contributed by atoms with Gasteiger partial charge in [0.2, 0.25) is 0 Å². The van der Waals surface area contributed by atoms with Crippen molar-refractivity contribution in [2.45, 2.75) is 0 Å². The Hall–Kier alpha value is -1.97. The Labute approximate surface area is 80.2 Å². The van der Waals surface area contributed by atoms with Crippen LogP contribution in [0.1, 0.15) is 0 Å². The van der Waals surface area contributed by atoms with Gasteiger partial charge in [0, 0.05) is 12.3 Å². The van der Waals surface area contributed by atoms with Crippen LogP contribution in [0.5, 0.6) is 11.8 Å². The fourth-order valence-corrected chi connectivity index (χ4v) is 0.941. The van der Waals surface area contributed by atoms with Crippen LogP contribution in [0.25, 0.3) is 0 Å². The molecule has 0 bridgehead atoms. The first-order chi connectivity index (χ1) is 6.84. The van der Waals surface area contributed by atoms with Gasteiger partial charge in [-0.05, 0) is 18.2 Å². The molecule has 0 N–H and O–H groups in total. The summed E-state index contributed by atoms with van der Waals surface area (Å²) in [5.41, 5.74) is 0. The van der Waals surface area contributed by atoms with Crippen LogP contribution in [-0.2, 0) is 0 Å². The summed E-state index contributed by atoms with van der Waals surface area (Å²) in [4.78, 5) is 7.54. The van der Waals surface area contributed by atoms with Gasteiger partial charge in [-0.3, -0.25) is 0 Å². The number of halogens is 1. The highest BCUT2D eigenvalue weighted by Crippen LogP contribution is 2.17. The molecular weight excluding hydrogens is 183 g/mol. The topological polar surface area (TPSA) is 35.0 Å². The molecule has 69 valence electrons. The van der Waals surface area contributed by atoms with E-state index in [4.69, 9.17) is 4.74 Å². The molecule has 0 amide bonds. The predicted molar refractivity (Wildman–Crippen MR) is 47.3 cm³/mol. The van der Waals surface area contributed by atoms with E-state index in [1.807, 2.05) is 0 Å². The Balaban J connectivity index is 2.19. The van der Waals surface area contributed by atoms with Gasteiger partial charge < -0.3 is 4.74 Å². The number of aromatic nitrogens is 2. The molecule has 1 heterocycles. The smallest absolute Gasteiger partial charge is 0.322 e. The molecule has 0 atom stereocenters. The molecule has 3 nitrogen and oxygen atoms in total. The molecule has 2 aromatic rings. The van der Waals surface area contributed by atoms with Crippen molar-refractivity contribution in [2.75, 3.05) is 0 Å². The Bertz CT molecular complexity index is 419. The maximum atomic E-state index is 12.7. The second kappa shape index (κ2) is 3.83. The van der Waals surface area contributed by atoms with E-state index < -0.39 is 0 Å². The quantitative estimate of drug-likeness (QED) is 0.726. The summed E-state index contributed by atoms with van der Waals surface area (Å²) in [5.74, 6) is 0.00649. The van der Waals surface area contributed by atoms with Crippen LogP contribution in [0.15, 0.2) is 36.5 Å². The van der Waals surface area contributed by atoms with E-state index in [9.17, 15) is 4.39 Å². The van der Waals surface area contributed by atoms with Crippen molar-refractivity contribution in [3.8, 4) is 11.8 Å². The van der Waals surface area contributed by atoms with Crippen LogP contribution < -0.4 is 4.74 Å². The minimum Gasteiger partial charge on any atom is -0.424 e. The zero-order chi connectivity index (χ0) is 9.80. The Kier molecular flexibility index (Phi) is 2.36. The molecule has 0 unspecified atom stereocenters. The van der Waals surface area contributed by atoms with Crippen molar-refractivity contribution in [2.24, 2.45) is 0 Å². The number of benzene rings is 1. The number of ether oxygens (including phenoxy) is 1. The molecule has 0 fully saturated rings. The van der Waals surface area contributed by atoms with Crippen LogP contribution in [0.4, 0.5) is 4.39 Å². The summed E-state index contributed by atoms with van der Waals surface area (Å²) in [6, 6.07) is 7.48. The summed E-state index contributed by atoms with van der Waals surface area (Å²) < 4.78 is 17.9. The van der Waals surface area contributed by atoms with Crippen LogP contribution in [-0.4, -0.2) is 9.97 Å². The first kappa shape index (κ1) is 8.62. The van der Waals surface area contributed by atoms with E-state index in [0.717, 1.165) is 0 Å². The first-order valence-corrected chi connectivity index (χ1v) is 3.97. The second-order valence-corrected chi connectivity index (χ2v) is 2.53. The van der Waals surface area contributed by atoms with E-state index in [1.165, 1.54) is 18.3 Å². The maximum Gasteiger partial charge on any atom is 0.322 e. The summed E-state index contributed by atoms with van der Waals surface area (Å²) >= 11 is 0. The highest BCUT2D eigenvalue weighted by molar-refractivity contribution is 5.24. The molecule has 0 spiro atoms. The van der Waals surface area contributed by atoms with Gasteiger partial charge in [-0.2, -0.15) is 4.98 Å². The lowest BCUT2D eigenvalue weighted by atomic mass is 10.3. The summed E-state index contributed by atoms with van der Waals surface area (Å²) in [6.45, 7) is 0. The predicted octanol–water partition coefficient (Wildman–Crippen LogP) is 2.21. The van der Waals surface area contributed by atoms with Crippen molar-refractivity contribution >= 4 is 0 Å². The third kappa shape index (κ3) is 2.04. The van der Waals surface area contributed by atoms with Crippen molar-refractivity contribution < 1.29 is 9.13 Å². The van der Waals surface area contributed by atoms with E-state index in [-0.39, 0.29) is 11.8 Å². The SMILES string of the molecule is Fc1cccc(Oc2n[c]ccn2)c1. The average molecular weight is 189 g/mol. The van der Waals surface area contributed by atoms with E-state index in [0.29, 0.717) is 5.75 Å². The van der Waals surface area contributed by atoms with Crippen molar-refractivity contribution in [1.82, 2.24) is 9.97 Å². The van der Waals surface area contributed by atoms with Gasteiger partial charge in [-0.25, -0.2) is 9.37 Å². The first-order valence-electron chi connectivity index (χ1n) is 3.97. The summed E-state index contributed by atoms with van der Waals surface area (Å²) in [5, 5.41) is 0. The standard InChI is InChI=1S/C10H6FN2O/c11-8-3-1-4-9(7-8)14-10-12-5-2-6-13-10/h1-5,7H. The second-order valence-electron chi connectivity index (χ2n) is 2.53. The molecule has 0 saturated heterocycles. The lowest BCUT2D eigenvalue weighted by Crippen LogP contribution is -1.90. The third-order valence-electron chi connectivity index (χ3n) is 1.50. The monoisotopic (exact) mass is 189 g/mol. The molecule has 14 heavy (non-hydrogen) atoms. The number of hydrogen-bond donors (Lipinski definition) is 0. The molecule has 0 aliphatic heterocycles. The lowest BCUT2D eigenvalue weighted by Gasteiger charge is -2.01. The van der Waals surface area contributed by atoms with Crippen LogP contribution in [0.2, 0.25) is 0 Å². The number of rotatable bonds is 2. The minimum atomic E-state index is -0.359. The zero-order valence-corrected chi connectivity index (χ0v) is 7.14. The Morgan fingerprint density at radius 2 is 2.29 bits per heavy atom. The normalized spacial score (nSPS) is 9.79. The van der Waals surface area contributed by atoms with Gasteiger partial charge in [-0.15, -0.1) is 0 Å². The van der Waals surface area contributed by atoms with Crippen LogP contribution >= 0.6 is 0 Å². The lowest BCUT2D eigenvalue weighted by molar-refractivity contribution is 0.437. The van der Waals surface area contributed by atoms with Crippen molar-refractivity contribution in [1.29, 1.82) is 0 Å². The van der Waals surface area contributed by atoms with Gasteiger partial charge in [-0.1, -0.05) is 6.07 Å². The van der Waals surface area contributed by atoms with Crippen LogP contribution in [0, 0.1) is 12.0 Å². The third-order valence-corrected chi connectivity index (χ3v) is 1.50. The molecule has 1 aromatic carbocycles. The van der Waals surface area contributed by atoms with Gasteiger partial charge >= 0.3 is 6.01 Å². The molecule has 0 aliphatic rings. The van der Waals surface area contributed by atoms with Crippen molar-refractivity contribution in [3.05, 3.63) is 48.5 Å². The number of hydrogen-bond acceptors (Lipinski definition) is 3. The van der Waals surface area contributed by atoms with Gasteiger partial charge in [0.15, 0.2) is 0 Å². The van der Waals surface area contributed by atoms with E-state index in [1.54, 1.807) is 18.2 Å². The molecule has 0 aliphatic carbocycles. The van der Waals surface area contributed by atoms with Crippen molar-refractivity contribution in [3.63, 3.8) is 0 Å². The average Bonchev–Trinajstić information content (AvgIpc) is 2.19. The van der Waals surface area contributed by atoms with Gasteiger partial charge in [0.1, 0.15) is 11.6 Å². The molecule has 0 saturated carbocycles. The van der Waals surface area contributed by atoms with Gasteiger partial charge in [0.25, 0.3) is 0 Å². The van der Waals surface area contributed by atoms with E-state index >= 15 is 0 Å². The molecule has 4 heteroatoms. The van der Waals surface area contributed by atoms with Gasteiger partial charge in [0.05, 0.1) is 6.20 Å². The molecular formula is C10H6FN2O. The fourth-order valence-electron chi connectivity index (χ4n) is 0.941.